The largest absolute Gasteiger partial charge is 0.490 e. The summed E-state index contributed by atoms with van der Waals surface area (Å²) in [6.45, 7) is 4.47. The SMILES string of the molecule is CC(C)c1ncc(OCCCc2ccncc2)c(CO)n1. The van der Waals surface area contributed by atoms with Crippen LogP contribution in [0.3, 0.4) is 0 Å². The second-order valence-corrected chi connectivity index (χ2v) is 5.16. The van der Waals surface area contributed by atoms with E-state index in [9.17, 15) is 5.11 Å². The van der Waals surface area contributed by atoms with Gasteiger partial charge in [0, 0.05) is 18.3 Å². The molecule has 2 aromatic heterocycles. The number of aliphatic hydroxyl groups excluding tert-OH is 1. The van der Waals surface area contributed by atoms with E-state index in [0.29, 0.717) is 18.1 Å². The molecule has 0 bridgehead atoms. The van der Waals surface area contributed by atoms with Crippen molar-refractivity contribution in [1.29, 1.82) is 0 Å². The lowest BCUT2D eigenvalue weighted by Gasteiger charge is -2.11. The van der Waals surface area contributed by atoms with E-state index >= 15 is 0 Å². The molecule has 5 nitrogen and oxygen atoms in total. The van der Waals surface area contributed by atoms with Gasteiger partial charge in [-0.15, -0.1) is 0 Å². The first kappa shape index (κ1) is 15.4. The fourth-order valence-corrected chi connectivity index (χ4v) is 1.94. The molecule has 0 amide bonds. The third kappa shape index (κ3) is 4.49. The van der Waals surface area contributed by atoms with Gasteiger partial charge in [-0.3, -0.25) is 4.98 Å². The maximum atomic E-state index is 9.38. The van der Waals surface area contributed by atoms with Gasteiger partial charge in [-0.25, -0.2) is 9.97 Å². The van der Waals surface area contributed by atoms with Gasteiger partial charge < -0.3 is 9.84 Å². The maximum absolute atomic E-state index is 9.38. The third-order valence-corrected chi connectivity index (χ3v) is 3.13. The van der Waals surface area contributed by atoms with E-state index in [0.717, 1.165) is 18.7 Å². The predicted octanol–water partition coefficient (Wildman–Crippen LogP) is 2.50. The number of rotatable bonds is 7. The summed E-state index contributed by atoms with van der Waals surface area (Å²) in [7, 11) is 0. The minimum absolute atomic E-state index is 0.137. The van der Waals surface area contributed by atoms with Crippen LogP contribution in [0.1, 0.15) is 43.3 Å². The molecule has 0 saturated carbocycles. The second kappa shape index (κ2) is 7.69. The van der Waals surface area contributed by atoms with E-state index in [1.165, 1.54) is 5.56 Å². The lowest BCUT2D eigenvalue weighted by Crippen LogP contribution is -2.07. The minimum atomic E-state index is -0.137. The quantitative estimate of drug-likeness (QED) is 0.792. The summed E-state index contributed by atoms with van der Waals surface area (Å²) < 4.78 is 5.68. The lowest BCUT2D eigenvalue weighted by atomic mass is 10.1. The topological polar surface area (TPSA) is 68.1 Å². The van der Waals surface area contributed by atoms with E-state index in [2.05, 4.69) is 15.0 Å². The highest BCUT2D eigenvalue weighted by molar-refractivity contribution is 5.24. The molecule has 0 saturated heterocycles. The number of hydrogen-bond donors (Lipinski definition) is 1. The highest BCUT2D eigenvalue weighted by Gasteiger charge is 2.10. The summed E-state index contributed by atoms with van der Waals surface area (Å²) in [4.78, 5) is 12.6. The van der Waals surface area contributed by atoms with Crippen molar-refractivity contribution in [3.63, 3.8) is 0 Å². The van der Waals surface area contributed by atoms with E-state index in [1.54, 1.807) is 18.6 Å². The summed E-state index contributed by atoms with van der Waals surface area (Å²) in [5, 5.41) is 9.38. The van der Waals surface area contributed by atoms with Crippen LogP contribution in [0, 0.1) is 0 Å². The van der Waals surface area contributed by atoms with Gasteiger partial charge in [0.15, 0.2) is 5.75 Å². The lowest BCUT2D eigenvalue weighted by molar-refractivity contribution is 0.254. The molecular formula is C16H21N3O2. The molecule has 1 N–H and O–H groups in total. The third-order valence-electron chi connectivity index (χ3n) is 3.13. The van der Waals surface area contributed by atoms with Crippen LogP contribution in [0.5, 0.6) is 5.75 Å². The van der Waals surface area contributed by atoms with Crippen molar-refractivity contribution in [3.05, 3.63) is 47.8 Å². The molecule has 0 aliphatic rings. The van der Waals surface area contributed by atoms with Crippen molar-refractivity contribution < 1.29 is 9.84 Å². The van der Waals surface area contributed by atoms with Crippen molar-refractivity contribution >= 4 is 0 Å². The summed E-state index contributed by atoms with van der Waals surface area (Å²) >= 11 is 0. The van der Waals surface area contributed by atoms with Crippen molar-refractivity contribution in [2.24, 2.45) is 0 Å². The van der Waals surface area contributed by atoms with Crippen LogP contribution in [0.15, 0.2) is 30.7 Å². The number of hydrogen-bond acceptors (Lipinski definition) is 5. The zero-order valence-corrected chi connectivity index (χ0v) is 12.5. The van der Waals surface area contributed by atoms with Crippen molar-refractivity contribution in [2.75, 3.05) is 6.61 Å². The van der Waals surface area contributed by atoms with Gasteiger partial charge in [0.05, 0.1) is 19.4 Å². The smallest absolute Gasteiger partial charge is 0.161 e. The average molecular weight is 287 g/mol. The van der Waals surface area contributed by atoms with Crippen LogP contribution < -0.4 is 4.74 Å². The maximum Gasteiger partial charge on any atom is 0.161 e. The summed E-state index contributed by atoms with van der Waals surface area (Å²) in [6.07, 6.45) is 7.06. The van der Waals surface area contributed by atoms with Crippen molar-refractivity contribution in [2.45, 2.75) is 39.2 Å². The van der Waals surface area contributed by atoms with Crippen LogP contribution in [-0.4, -0.2) is 26.7 Å². The molecule has 0 atom stereocenters. The van der Waals surface area contributed by atoms with Crippen molar-refractivity contribution in [3.8, 4) is 5.75 Å². The molecule has 0 radical (unpaired) electrons. The summed E-state index contributed by atoms with van der Waals surface area (Å²) in [5.41, 5.74) is 1.79. The van der Waals surface area contributed by atoms with E-state index < -0.39 is 0 Å². The van der Waals surface area contributed by atoms with E-state index in [-0.39, 0.29) is 12.5 Å². The molecule has 112 valence electrons. The highest BCUT2D eigenvalue weighted by atomic mass is 16.5. The number of nitrogens with zero attached hydrogens (tertiary/aromatic N) is 3. The molecule has 2 aromatic rings. The molecule has 0 fully saturated rings. The molecule has 0 aromatic carbocycles. The van der Waals surface area contributed by atoms with Gasteiger partial charge in [-0.2, -0.15) is 0 Å². The Labute approximate surface area is 125 Å². The van der Waals surface area contributed by atoms with Crippen LogP contribution in [0.4, 0.5) is 0 Å². The van der Waals surface area contributed by atoms with Gasteiger partial charge in [0.25, 0.3) is 0 Å². The molecule has 2 heterocycles. The predicted molar refractivity (Wildman–Crippen MR) is 80.1 cm³/mol. The van der Waals surface area contributed by atoms with E-state index in [4.69, 9.17) is 4.74 Å². The Morgan fingerprint density at radius 2 is 2.00 bits per heavy atom. The van der Waals surface area contributed by atoms with Crippen LogP contribution in [0.25, 0.3) is 0 Å². The highest BCUT2D eigenvalue weighted by Crippen LogP contribution is 2.18. The molecule has 0 unspecified atom stereocenters. The van der Waals surface area contributed by atoms with Gasteiger partial charge in [0.1, 0.15) is 11.5 Å². The van der Waals surface area contributed by atoms with Gasteiger partial charge >= 0.3 is 0 Å². The number of aryl methyl sites for hydroxylation is 1. The van der Waals surface area contributed by atoms with Crippen molar-refractivity contribution in [1.82, 2.24) is 15.0 Å². The first-order valence-corrected chi connectivity index (χ1v) is 7.19. The zero-order chi connectivity index (χ0) is 15.1. The monoisotopic (exact) mass is 287 g/mol. The Kier molecular flexibility index (Phi) is 5.63. The Hall–Kier alpha value is -2.01. The van der Waals surface area contributed by atoms with E-state index in [1.807, 2.05) is 26.0 Å². The van der Waals surface area contributed by atoms with Gasteiger partial charge in [-0.05, 0) is 30.5 Å². The fourth-order valence-electron chi connectivity index (χ4n) is 1.94. The number of pyridine rings is 1. The normalized spacial score (nSPS) is 10.9. The van der Waals surface area contributed by atoms with Gasteiger partial charge in [0.2, 0.25) is 0 Å². The van der Waals surface area contributed by atoms with Crippen LogP contribution >= 0.6 is 0 Å². The molecule has 0 aliphatic carbocycles. The molecule has 0 spiro atoms. The first-order valence-electron chi connectivity index (χ1n) is 7.19. The molecule has 21 heavy (non-hydrogen) atoms. The Bertz CT molecular complexity index is 559. The Balaban J connectivity index is 1.88. The molecule has 0 aliphatic heterocycles. The number of aliphatic hydroxyl groups is 1. The molecular weight excluding hydrogens is 266 g/mol. The first-order chi connectivity index (χ1) is 10.2. The molecule has 5 heteroatoms. The molecule has 2 rings (SSSR count). The fraction of sp³-hybridized carbons (Fsp3) is 0.438. The van der Waals surface area contributed by atoms with Crippen LogP contribution in [-0.2, 0) is 13.0 Å². The number of aromatic nitrogens is 3. The standard InChI is InChI=1S/C16H21N3O2/c1-12(2)16-18-10-15(14(11-20)19-16)21-9-3-4-13-5-7-17-8-6-13/h5-8,10,12,20H,3-4,9,11H2,1-2H3. The zero-order valence-electron chi connectivity index (χ0n) is 12.5. The van der Waals surface area contributed by atoms with Gasteiger partial charge in [-0.1, -0.05) is 13.8 Å². The minimum Gasteiger partial charge on any atom is -0.490 e. The second-order valence-electron chi connectivity index (χ2n) is 5.16. The Morgan fingerprint density at radius 1 is 1.24 bits per heavy atom. The number of ether oxygens (including phenoxy) is 1. The Morgan fingerprint density at radius 3 is 2.67 bits per heavy atom. The summed E-state index contributed by atoms with van der Waals surface area (Å²) in [6, 6.07) is 4.00. The van der Waals surface area contributed by atoms with Crippen LogP contribution in [0.2, 0.25) is 0 Å². The average Bonchev–Trinajstić information content (AvgIpc) is 2.52. The summed E-state index contributed by atoms with van der Waals surface area (Å²) in [5.74, 6) is 1.52.